The maximum Gasteiger partial charge on any atom is 0.0781 e. The van der Waals surface area contributed by atoms with Crippen LogP contribution in [0.2, 0.25) is 0 Å². The standard InChI is InChI=1S/C17H35O3/c1-6-7-8-9-10-11-12-18-16(4)14-20-17(5)13-19-15(2)3/h15-17H,2,6-14H2,1,3-5H3. The van der Waals surface area contributed by atoms with Crippen LogP contribution in [-0.2, 0) is 14.2 Å². The molecular weight excluding hydrogens is 252 g/mol. The quantitative estimate of drug-likeness (QED) is 0.443. The fourth-order valence-corrected chi connectivity index (χ4v) is 1.86. The van der Waals surface area contributed by atoms with E-state index >= 15 is 0 Å². The van der Waals surface area contributed by atoms with Crippen molar-refractivity contribution in [3.05, 3.63) is 6.92 Å². The second kappa shape index (κ2) is 13.8. The topological polar surface area (TPSA) is 27.7 Å². The summed E-state index contributed by atoms with van der Waals surface area (Å²) in [5.41, 5.74) is 0. The van der Waals surface area contributed by atoms with Gasteiger partial charge in [0.15, 0.2) is 0 Å². The van der Waals surface area contributed by atoms with E-state index in [0.29, 0.717) is 13.2 Å². The van der Waals surface area contributed by atoms with Crippen molar-refractivity contribution in [1.29, 1.82) is 0 Å². The first kappa shape index (κ1) is 19.9. The normalized spacial score (nSPS) is 14.7. The molecule has 3 atom stereocenters. The summed E-state index contributed by atoms with van der Waals surface area (Å²) in [6, 6.07) is 0. The molecule has 0 aromatic carbocycles. The van der Waals surface area contributed by atoms with Gasteiger partial charge in [-0.05, 0) is 34.1 Å². The average molecular weight is 287 g/mol. The molecule has 1 radical (unpaired) electrons. The van der Waals surface area contributed by atoms with Gasteiger partial charge in [-0.25, -0.2) is 0 Å². The lowest BCUT2D eigenvalue weighted by Gasteiger charge is -2.18. The van der Waals surface area contributed by atoms with Crippen molar-refractivity contribution in [1.82, 2.24) is 0 Å². The predicted octanol–water partition coefficient (Wildman–Crippen LogP) is 4.40. The first-order valence-electron chi connectivity index (χ1n) is 8.24. The summed E-state index contributed by atoms with van der Waals surface area (Å²) < 4.78 is 16.8. The van der Waals surface area contributed by atoms with E-state index in [1.807, 2.05) is 13.8 Å². The van der Waals surface area contributed by atoms with E-state index in [1.165, 1.54) is 32.1 Å². The molecule has 0 amide bonds. The predicted molar refractivity (Wildman–Crippen MR) is 85.0 cm³/mol. The summed E-state index contributed by atoms with van der Waals surface area (Å²) in [6.45, 7) is 14.1. The highest BCUT2D eigenvalue weighted by atomic mass is 16.6. The SMILES string of the molecule is [CH2]C(C)OCC(C)OCC(C)OCCCCCCCC. The molecule has 0 saturated carbocycles. The molecule has 0 aliphatic heterocycles. The molecule has 0 saturated heterocycles. The minimum absolute atomic E-state index is 0.0161. The van der Waals surface area contributed by atoms with E-state index in [4.69, 9.17) is 14.2 Å². The van der Waals surface area contributed by atoms with Crippen molar-refractivity contribution < 1.29 is 14.2 Å². The Morgan fingerprint density at radius 3 is 1.95 bits per heavy atom. The Labute approximate surface area is 126 Å². The molecule has 0 aliphatic carbocycles. The van der Waals surface area contributed by atoms with Crippen LogP contribution in [0, 0.1) is 6.92 Å². The molecule has 20 heavy (non-hydrogen) atoms. The molecule has 0 aliphatic rings. The minimum atomic E-state index is 0.0161. The lowest BCUT2D eigenvalue weighted by molar-refractivity contribution is -0.0631. The third-order valence-electron chi connectivity index (χ3n) is 3.13. The summed E-state index contributed by atoms with van der Waals surface area (Å²) in [7, 11) is 0. The van der Waals surface area contributed by atoms with Gasteiger partial charge in [0.25, 0.3) is 0 Å². The average Bonchev–Trinajstić information content (AvgIpc) is 2.41. The number of rotatable bonds is 14. The molecule has 0 aromatic heterocycles. The molecular formula is C17H35O3. The van der Waals surface area contributed by atoms with Crippen molar-refractivity contribution in [2.75, 3.05) is 19.8 Å². The first-order valence-corrected chi connectivity index (χ1v) is 8.24. The fraction of sp³-hybridized carbons (Fsp3) is 0.941. The number of hydrogen-bond acceptors (Lipinski definition) is 3. The van der Waals surface area contributed by atoms with E-state index in [1.54, 1.807) is 0 Å². The summed E-state index contributed by atoms with van der Waals surface area (Å²) in [5.74, 6) is 0. The Bertz CT molecular complexity index is 195. The highest BCUT2D eigenvalue weighted by Crippen LogP contribution is 2.06. The van der Waals surface area contributed by atoms with Gasteiger partial charge in [-0.1, -0.05) is 39.0 Å². The highest BCUT2D eigenvalue weighted by molar-refractivity contribution is 4.56. The zero-order chi connectivity index (χ0) is 15.2. The number of unbranched alkanes of at least 4 members (excludes halogenated alkanes) is 5. The Morgan fingerprint density at radius 2 is 1.30 bits per heavy atom. The van der Waals surface area contributed by atoms with E-state index < -0.39 is 0 Å². The Balaban J connectivity index is 3.33. The lowest BCUT2D eigenvalue weighted by Crippen LogP contribution is -2.24. The maximum atomic E-state index is 5.75. The largest absolute Gasteiger partial charge is 0.376 e. The van der Waals surface area contributed by atoms with E-state index in [2.05, 4.69) is 20.8 Å². The van der Waals surface area contributed by atoms with Crippen LogP contribution in [0.5, 0.6) is 0 Å². The molecule has 0 aromatic rings. The Morgan fingerprint density at radius 1 is 0.750 bits per heavy atom. The molecule has 0 bridgehead atoms. The third kappa shape index (κ3) is 14.3. The lowest BCUT2D eigenvalue weighted by atomic mass is 10.1. The second-order valence-electron chi connectivity index (χ2n) is 5.74. The van der Waals surface area contributed by atoms with Crippen molar-refractivity contribution >= 4 is 0 Å². The Kier molecular flexibility index (Phi) is 13.8. The second-order valence-corrected chi connectivity index (χ2v) is 5.74. The van der Waals surface area contributed by atoms with Crippen molar-refractivity contribution in [3.8, 4) is 0 Å². The van der Waals surface area contributed by atoms with Crippen LogP contribution in [0.15, 0.2) is 0 Å². The molecule has 3 unspecified atom stereocenters. The zero-order valence-electron chi connectivity index (χ0n) is 14.0. The molecule has 0 fully saturated rings. The minimum Gasteiger partial charge on any atom is -0.376 e. The van der Waals surface area contributed by atoms with Crippen LogP contribution in [0.3, 0.4) is 0 Å². The number of ether oxygens (including phenoxy) is 3. The first-order chi connectivity index (χ1) is 9.56. The van der Waals surface area contributed by atoms with Gasteiger partial charge in [0, 0.05) is 6.61 Å². The van der Waals surface area contributed by atoms with Gasteiger partial charge in [-0.2, -0.15) is 0 Å². The fourth-order valence-electron chi connectivity index (χ4n) is 1.86. The van der Waals surface area contributed by atoms with E-state index in [0.717, 1.165) is 13.0 Å². The summed E-state index contributed by atoms with van der Waals surface area (Å²) in [6.07, 6.45) is 8.06. The zero-order valence-corrected chi connectivity index (χ0v) is 14.0. The molecule has 0 spiro atoms. The van der Waals surface area contributed by atoms with Crippen LogP contribution >= 0.6 is 0 Å². The monoisotopic (exact) mass is 287 g/mol. The molecule has 121 valence electrons. The molecule has 3 nitrogen and oxygen atoms in total. The van der Waals surface area contributed by atoms with Gasteiger partial charge in [-0.3, -0.25) is 0 Å². The highest BCUT2D eigenvalue weighted by Gasteiger charge is 2.08. The molecule has 0 rings (SSSR count). The van der Waals surface area contributed by atoms with E-state index in [9.17, 15) is 0 Å². The summed E-state index contributed by atoms with van der Waals surface area (Å²) >= 11 is 0. The summed E-state index contributed by atoms with van der Waals surface area (Å²) in [5, 5.41) is 0. The van der Waals surface area contributed by atoms with Gasteiger partial charge in [-0.15, -0.1) is 0 Å². The van der Waals surface area contributed by atoms with Gasteiger partial charge >= 0.3 is 0 Å². The van der Waals surface area contributed by atoms with E-state index in [-0.39, 0.29) is 18.3 Å². The van der Waals surface area contributed by atoms with Gasteiger partial charge < -0.3 is 14.2 Å². The third-order valence-corrected chi connectivity index (χ3v) is 3.13. The number of hydrogen-bond donors (Lipinski definition) is 0. The van der Waals surface area contributed by atoms with Crippen LogP contribution < -0.4 is 0 Å². The Hall–Kier alpha value is -0.120. The van der Waals surface area contributed by atoms with Crippen LogP contribution in [0.25, 0.3) is 0 Å². The van der Waals surface area contributed by atoms with Gasteiger partial charge in [0.2, 0.25) is 0 Å². The van der Waals surface area contributed by atoms with Crippen LogP contribution in [0.1, 0.15) is 66.2 Å². The molecule has 0 heterocycles. The summed E-state index contributed by atoms with van der Waals surface area (Å²) in [4.78, 5) is 0. The molecule has 0 N–H and O–H groups in total. The van der Waals surface area contributed by atoms with Gasteiger partial charge in [0.05, 0.1) is 31.5 Å². The van der Waals surface area contributed by atoms with Crippen molar-refractivity contribution in [3.63, 3.8) is 0 Å². The van der Waals surface area contributed by atoms with Crippen LogP contribution in [-0.4, -0.2) is 38.1 Å². The van der Waals surface area contributed by atoms with Crippen LogP contribution in [0.4, 0.5) is 0 Å². The molecule has 3 heteroatoms. The van der Waals surface area contributed by atoms with Gasteiger partial charge in [0.1, 0.15) is 0 Å². The smallest absolute Gasteiger partial charge is 0.0781 e. The van der Waals surface area contributed by atoms with Crippen molar-refractivity contribution in [2.45, 2.75) is 84.5 Å². The maximum absolute atomic E-state index is 5.75. The van der Waals surface area contributed by atoms with Crippen molar-refractivity contribution in [2.24, 2.45) is 0 Å².